The topological polar surface area (TPSA) is 57.6 Å². The van der Waals surface area contributed by atoms with Crippen LogP contribution in [0.15, 0.2) is 24.3 Å². The van der Waals surface area contributed by atoms with Crippen LogP contribution >= 0.6 is 11.8 Å². The van der Waals surface area contributed by atoms with Crippen molar-refractivity contribution in [2.45, 2.75) is 18.9 Å². The molecule has 1 N–H and O–H groups in total. The van der Waals surface area contributed by atoms with Crippen molar-refractivity contribution < 1.29 is 41.0 Å². The first-order valence-corrected chi connectivity index (χ1v) is 7.84. The normalized spacial score (nSPS) is 12.1. The summed E-state index contributed by atoms with van der Waals surface area (Å²) < 4.78 is 73.6. The number of carbonyl (C=O) groups is 2. The Bertz CT molecular complexity index is 600. The molecule has 1 rings (SSSR count). The lowest BCUT2D eigenvalue weighted by atomic mass is 10.1. The van der Waals surface area contributed by atoms with E-state index in [4.69, 9.17) is 5.11 Å². The summed E-state index contributed by atoms with van der Waals surface area (Å²) >= 11 is 0.282. The average Bonchev–Trinajstić information content (AvgIpc) is 2.44. The van der Waals surface area contributed by atoms with Crippen LogP contribution in [0, 0.1) is 0 Å². The number of halogens is 6. The van der Waals surface area contributed by atoms with E-state index < -0.39 is 47.8 Å². The predicted octanol–water partition coefficient (Wildman–Crippen LogP) is 3.41. The zero-order chi connectivity index (χ0) is 19.3. The Morgan fingerprint density at radius 2 is 1.60 bits per heavy atom. The summed E-state index contributed by atoms with van der Waals surface area (Å²) in [6.45, 7) is -1.09. The summed E-state index contributed by atoms with van der Waals surface area (Å²) in [5, 5.41) is 8.79. The first-order valence-electron chi connectivity index (χ1n) is 6.68. The molecule has 0 aliphatic heterocycles. The molecular weight excluding hydrogens is 376 g/mol. The number of carboxylic acids is 1. The van der Waals surface area contributed by atoms with Crippen LogP contribution in [0.3, 0.4) is 0 Å². The van der Waals surface area contributed by atoms with Crippen molar-refractivity contribution in [1.29, 1.82) is 0 Å². The summed E-state index contributed by atoms with van der Waals surface area (Å²) in [5.74, 6) is -4.09. The quantitative estimate of drug-likeness (QED) is 0.727. The predicted molar refractivity (Wildman–Crippen MR) is 77.9 cm³/mol. The Hall–Kier alpha value is -1.91. The highest BCUT2D eigenvalue weighted by Gasteiger charge is 2.30. The van der Waals surface area contributed by atoms with E-state index in [0.29, 0.717) is 0 Å². The van der Waals surface area contributed by atoms with Crippen LogP contribution in [0.4, 0.5) is 26.3 Å². The number of alkyl halides is 6. The Balaban J connectivity index is 2.75. The van der Waals surface area contributed by atoms with Gasteiger partial charge in [-0.2, -0.15) is 26.3 Å². The van der Waals surface area contributed by atoms with Gasteiger partial charge in [-0.1, -0.05) is 12.1 Å². The van der Waals surface area contributed by atoms with Crippen molar-refractivity contribution in [3.05, 3.63) is 35.4 Å². The van der Waals surface area contributed by atoms with Crippen molar-refractivity contribution in [1.82, 2.24) is 4.90 Å². The van der Waals surface area contributed by atoms with Gasteiger partial charge in [-0.05, 0) is 17.7 Å². The number of thioether (sulfide) groups is 1. The Morgan fingerprint density at radius 3 is 2.04 bits per heavy atom. The maximum atomic E-state index is 12.5. The molecule has 140 valence electrons. The van der Waals surface area contributed by atoms with E-state index >= 15 is 0 Å². The fourth-order valence-electron chi connectivity index (χ4n) is 1.76. The average molecular weight is 389 g/mol. The van der Waals surface area contributed by atoms with Gasteiger partial charge in [0.25, 0.3) is 0 Å². The standard InChI is InChI=1S/C14H13F6NO3S/c15-13(16,17)8-25-7-11(22)21(6-12(23)24)5-9-1-3-10(4-2-9)14(18,19)20/h1-4H,5-8H2,(H,23,24). The highest BCUT2D eigenvalue weighted by molar-refractivity contribution is 8.00. The maximum Gasteiger partial charge on any atom is 0.416 e. The van der Waals surface area contributed by atoms with Gasteiger partial charge in [0.2, 0.25) is 5.91 Å². The number of carbonyl (C=O) groups excluding carboxylic acids is 1. The van der Waals surface area contributed by atoms with E-state index in [-0.39, 0.29) is 23.9 Å². The lowest BCUT2D eigenvalue weighted by Crippen LogP contribution is -2.36. The Kier molecular flexibility index (Phi) is 7.15. The number of rotatable bonds is 7. The van der Waals surface area contributed by atoms with Gasteiger partial charge in [-0.25, -0.2) is 0 Å². The molecule has 0 unspecified atom stereocenters. The molecule has 0 fully saturated rings. The minimum atomic E-state index is -4.54. The van der Waals surface area contributed by atoms with E-state index in [1.54, 1.807) is 0 Å². The molecule has 11 heteroatoms. The molecule has 0 aliphatic carbocycles. The van der Waals surface area contributed by atoms with E-state index in [1.165, 1.54) is 0 Å². The zero-order valence-corrected chi connectivity index (χ0v) is 13.3. The largest absolute Gasteiger partial charge is 0.480 e. The summed E-state index contributed by atoms with van der Waals surface area (Å²) in [5.41, 5.74) is -0.684. The van der Waals surface area contributed by atoms with Crippen molar-refractivity contribution in [2.24, 2.45) is 0 Å². The molecule has 0 aliphatic rings. The second-order valence-electron chi connectivity index (χ2n) is 4.95. The zero-order valence-electron chi connectivity index (χ0n) is 12.5. The highest BCUT2D eigenvalue weighted by atomic mass is 32.2. The molecule has 0 spiro atoms. The van der Waals surface area contributed by atoms with Gasteiger partial charge in [0.15, 0.2) is 0 Å². The molecule has 0 atom stereocenters. The SMILES string of the molecule is O=C(O)CN(Cc1ccc(C(F)(F)F)cc1)C(=O)CSCC(F)(F)F. The molecule has 1 aromatic rings. The number of nitrogens with zero attached hydrogens (tertiary/aromatic N) is 1. The number of hydrogen-bond acceptors (Lipinski definition) is 3. The van der Waals surface area contributed by atoms with Crippen LogP contribution in [0.5, 0.6) is 0 Å². The van der Waals surface area contributed by atoms with Gasteiger partial charge in [0, 0.05) is 6.54 Å². The van der Waals surface area contributed by atoms with Gasteiger partial charge in [0.05, 0.1) is 17.1 Å². The molecule has 0 radical (unpaired) electrons. The van der Waals surface area contributed by atoms with Crippen molar-refractivity contribution in [3.63, 3.8) is 0 Å². The smallest absolute Gasteiger partial charge is 0.416 e. The second-order valence-corrected chi connectivity index (χ2v) is 5.93. The summed E-state index contributed by atoms with van der Waals surface area (Å²) in [4.78, 5) is 23.5. The summed E-state index contributed by atoms with van der Waals surface area (Å²) in [7, 11) is 0. The molecule has 1 amide bonds. The maximum absolute atomic E-state index is 12.5. The number of carboxylic acid groups (broad SMARTS) is 1. The molecule has 1 aromatic carbocycles. The molecule has 0 heterocycles. The number of hydrogen-bond donors (Lipinski definition) is 1. The van der Waals surface area contributed by atoms with Crippen LogP contribution in [-0.2, 0) is 22.3 Å². The van der Waals surface area contributed by atoms with Crippen LogP contribution in [0.2, 0.25) is 0 Å². The van der Waals surface area contributed by atoms with Crippen molar-refractivity contribution in [3.8, 4) is 0 Å². The molecule has 0 saturated heterocycles. The molecule has 25 heavy (non-hydrogen) atoms. The first-order chi connectivity index (χ1) is 11.4. The fourth-order valence-corrected chi connectivity index (χ4v) is 2.45. The van der Waals surface area contributed by atoms with Crippen LogP contribution < -0.4 is 0 Å². The third kappa shape index (κ3) is 8.14. The van der Waals surface area contributed by atoms with E-state index in [1.807, 2.05) is 0 Å². The minimum absolute atomic E-state index is 0.225. The van der Waals surface area contributed by atoms with Gasteiger partial charge < -0.3 is 10.0 Å². The fraction of sp³-hybridized carbons (Fsp3) is 0.429. The lowest BCUT2D eigenvalue weighted by molar-refractivity contribution is -0.143. The Labute approximate surface area is 142 Å². The van der Waals surface area contributed by atoms with Crippen molar-refractivity contribution >= 4 is 23.6 Å². The summed E-state index contributed by atoms with van der Waals surface area (Å²) in [6.07, 6.45) is -9.00. The van der Waals surface area contributed by atoms with Crippen LogP contribution in [-0.4, -0.2) is 46.1 Å². The van der Waals surface area contributed by atoms with Crippen molar-refractivity contribution in [2.75, 3.05) is 18.1 Å². The number of aliphatic carboxylic acids is 1. The third-order valence-electron chi connectivity index (χ3n) is 2.82. The summed E-state index contributed by atoms with van der Waals surface area (Å²) in [6, 6.07) is 3.70. The van der Waals surface area contributed by atoms with Gasteiger partial charge in [-0.3, -0.25) is 9.59 Å². The van der Waals surface area contributed by atoms with Gasteiger partial charge in [0.1, 0.15) is 6.54 Å². The minimum Gasteiger partial charge on any atom is -0.480 e. The molecule has 4 nitrogen and oxygen atoms in total. The van der Waals surface area contributed by atoms with Crippen LogP contribution in [0.25, 0.3) is 0 Å². The number of benzene rings is 1. The Morgan fingerprint density at radius 1 is 1.04 bits per heavy atom. The molecule has 0 aromatic heterocycles. The molecule has 0 saturated carbocycles. The molecule has 0 bridgehead atoms. The van der Waals surface area contributed by atoms with E-state index in [2.05, 4.69) is 0 Å². The lowest BCUT2D eigenvalue weighted by Gasteiger charge is -2.21. The van der Waals surface area contributed by atoms with Gasteiger partial charge >= 0.3 is 18.3 Å². The first kappa shape index (κ1) is 21.1. The number of amides is 1. The third-order valence-corrected chi connectivity index (χ3v) is 3.81. The van der Waals surface area contributed by atoms with E-state index in [9.17, 15) is 35.9 Å². The van der Waals surface area contributed by atoms with E-state index in [0.717, 1.165) is 29.2 Å². The second kappa shape index (κ2) is 8.45. The highest BCUT2D eigenvalue weighted by Crippen LogP contribution is 2.29. The van der Waals surface area contributed by atoms with Gasteiger partial charge in [-0.15, -0.1) is 11.8 Å². The van der Waals surface area contributed by atoms with Crippen LogP contribution in [0.1, 0.15) is 11.1 Å². The monoisotopic (exact) mass is 389 g/mol. The molecular formula is C14H13F6NO3S.